The third-order valence-corrected chi connectivity index (χ3v) is 5.11. The van der Waals surface area contributed by atoms with E-state index in [4.69, 9.17) is 9.84 Å². The van der Waals surface area contributed by atoms with E-state index in [9.17, 15) is 4.79 Å². The first-order chi connectivity index (χ1) is 9.18. The first kappa shape index (κ1) is 12.9. The molecule has 3 nitrogen and oxygen atoms in total. The number of ether oxygens (including phenoxy) is 1. The van der Waals surface area contributed by atoms with Crippen LogP contribution in [0.2, 0.25) is 0 Å². The molecule has 1 aliphatic heterocycles. The Hall–Kier alpha value is -1.16. The Morgan fingerprint density at radius 2 is 2.32 bits per heavy atom. The Balaban J connectivity index is 1.74. The van der Waals surface area contributed by atoms with Gasteiger partial charge in [-0.2, -0.15) is 11.8 Å². The van der Waals surface area contributed by atoms with Crippen LogP contribution in [0.3, 0.4) is 0 Å². The van der Waals surface area contributed by atoms with Crippen molar-refractivity contribution in [2.24, 2.45) is 0 Å². The predicted molar refractivity (Wildman–Crippen MR) is 76.0 cm³/mol. The molecule has 0 amide bonds. The highest BCUT2D eigenvalue weighted by Gasteiger charge is 2.46. The quantitative estimate of drug-likeness (QED) is 0.899. The molecule has 1 unspecified atom stereocenters. The molecule has 3 rings (SSSR count). The second kappa shape index (κ2) is 5.08. The summed E-state index contributed by atoms with van der Waals surface area (Å²) < 4.78 is 5.98. The summed E-state index contributed by atoms with van der Waals surface area (Å²) in [5.41, 5.74) is 0.994. The smallest absolute Gasteiger partial charge is 0.304 e. The van der Waals surface area contributed by atoms with Gasteiger partial charge in [0.15, 0.2) is 0 Å². The molecule has 0 spiro atoms. The van der Waals surface area contributed by atoms with Crippen molar-refractivity contribution in [3.63, 3.8) is 0 Å². The SMILES string of the molecule is O=C(O)CC1(c2cccc(OC3CCSC3)c2)CC1. The second-order valence-electron chi connectivity index (χ2n) is 5.48. The summed E-state index contributed by atoms with van der Waals surface area (Å²) in [6.45, 7) is 0. The van der Waals surface area contributed by atoms with Crippen molar-refractivity contribution in [3.8, 4) is 5.75 Å². The van der Waals surface area contributed by atoms with E-state index in [2.05, 4.69) is 0 Å². The van der Waals surface area contributed by atoms with Crippen molar-refractivity contribution in [2.45, 2.75) is 37.2 Å². The van der Waals surface area contributed by atoms with Gasteiger partial charge in [0.2, 0.25) is 0 Å². The van der Waals surface area contributed by atoms with Gasteiger partial charge < -0.3 is 9.84 Å². The number of thioether (sulfide) groups is 1. The summed E-state index contributed by atoms with van der Waals surface area (Å²) in [6, 6.07) is 8.03. The molecule has 4 heteroatoms. The lowest BCUT2D eigenvalue weighted by Gasteiger charge is -2.17. The first-order valence-electron chi connectivity index (χ1n) is 6.75. The van der Waals surface area contributed by atoms with Gasteiger partial charge in [0.1, 0.15) is 11.9 Å². The summed E-state index contributed by atoms with van der Waals surface area (Å²) in [4.78, 5) is 11.0. The molecule has 1 aromatic carbocycles. The third-order valence-electron chi connectivity index (χ3n) is 3.98. The summed E-state index contributed by atoms with van der Waals surface area (Å²) in [6.07, 6.45) is 3.60. The number of carboxylic acids is 1. The van der Waals surface area contributed by atoms with E-state index in [0.717, 1.165) is 36.3 Å². The number of carbonyl (C=O) groups is 1. The van der Waals surface area contributed by atoms with E-state index in [0.29, 0.717) is 6.10 Å². The van der Waals surface area contributed by atoms with Gasteiger partial charge >= 0.3 is 5.97 Å². The fourth-order valence-corrected chi connectivity index (χ4v) is 3.80. The first-order valence-corrected chi connectivity index (χ1v) is 7.90. The average Bonchev–Trinajstić information content (AvgIpc) is 2.97. The lowest BCUT2D eigenvalue weighted by Crippen LogP contribution is -2.16. The molecule has 0 aromatic heterocycles. The number of benzene rings is 1. The van der Waals surface area contributed by atoms with Crippen molar-refractivity contribution < 1.29 is 14.6 Å². The number of rotatable bonds is 5. The van der Waals surface area contributed by atoms with Gasteiger partial charge in [0.05, 0.1) is 6.42 Å². The molecule has 1 atom stereocenters. The molecule has 2 fully saturated rings. The van der Waals surface area contributed by atoms with Gasteiger partial charge in [-0.25, -0.2) is 0 Å². The van der Waals surface area contributed by atoms with Crippen LogP contribution in [-0.4, -0.2) is 28.7 Å². The van der Waals surface area contributed by atoms with Crippen LogP contribution in [0.25, 0.3) is 0 Å². The Bertz CT molecular complexity index is 476. The predicted octanol–water partition coefficient (Wildman–Crippen LogP) is 3.08. The second-order valence-corrected chi connectivity index (χ2v) is 6.63. The number of hydrogen-bond acceptors (Lipinski definition) is 3. The topological polar surface area (TPSA) is 46.5 Å². The highest BCUT2D eigenvalue weighted by atomic mass is 32.2. The summed E-state index contributed by atoms with van der Waals surface area (Å²) >= 11 is 1.93. The monoisotopic (exact) mass is 278 g/mol. The molecule has 1 N–H and O–H groups in total. The summed E-state index contributed by atoms with van der Waals surface area (Å²) in [5, 5.41) is 9.02. The minimum Gasteiger partial charge on any atom is -0.490 e. The zero-order valence-corrected chi connectivity index (χ0v) is 11.6. The van der Waals surface area contributed by atoms with Gasteiger partial charge in [-0.1, -0.05) is 12.1 Å². The normalized spacial score (nSPS) is 24.1. The van der Waals surface area contributed by atoms with Gasteiger partial charge in [0.25, 0.3) is 0 Å². The van der Waals surface area contributed by atoms with E-state index < -0.39 is 5.97 Å². The van der Waals surface area contributed by atoms with Gasteiger partial charge in [-0.3, -0.25) is 4.79 Å². The maximum atomic E-state index is 11.0. The van der Waals surface area contributed by atoms with Crippen molar-refractivity contribution in [1.82, 2.24) is 0 Å². The van der Waals surface area contributed by atoms with Crippen molar-refractivity contribution in [3.05, 3.63) is 29.8 Å². The maximum Gasteiger partial charge on any atom is 0.304 e. The minimum atomic E-state index is -0.712. The molecular formula is C15H18O3S. The van der Waals surface area contributed by atoms with Crippen LogP contribution in [0.15, 0.2) is 24.3 Å². The van der Waals surface area contributed by atoms with Gasteiger partial charge in [-0.05, 0) is 42.7 Å². The molecule has 0 radical (unpaired) electrons. The molecule has 1 saturated carbocycles. The fraction of sp³-hybridized carbons (Fsp3) is 0.533. The Labute approximate surface area is 117 Å². The molecule has 102 valence electrons. The van der Waals surface area contributed by atoms with Crippen molar-refractivity contribution in [2.75, 3.05) is 11.5 Å². The average molecular weight is 278 g/mol. The number of hydrogen-bond donors (Lipinski definition) is 1. The van der Waals surface area contributed by atoms with Crippen molar-refractivity contribution >= 4 is 17.7 Å². The molecule has 2 aliphatic rings. The highest BCUT2D eigenvalue weighted by Crippen LogP contribution is 2.51. The van der Waals surface area contributed by atoms with Crippen LogP contribution in [0.5, 0.6) is 5.75 Å². The zero-order valence-electron chi connectivity index (χ0n) is 10.8. The Morgan fingerprint density at radius 1 is 1.47 bits per heavy atom. The summed E-state index contributed by atoms with van der Waals surface area (Å²) in [7, 11) is 0. The molecule has 1 heterocycles. The number of carboxylic acid groups (broad SMARTS) is 1. The molecule has 1 aromatic rings. The van der Waals surface area contributed by atoms with Crippen LogP contribution >= 0.6 is 11.8 Å². The highest BCUT2D eigenvalue weighted by molar-refractivity contribution is 7.99. The Kier molecular flexibility index (Phi) is 3.44. The zero-order chi connectivity index (χ0) is 13.3. The van der Waals surface area contributed by atoms with Crippen molar-refractivity contribution in [1.29, 1.82) is 0 Å². The molecule has 19 heavy (non-hydrogen) atoms. The van der Waals surface area contributed by atoms with Crippen LogP contribution in [0, 0.1) is 0 Å². The summed E-state index contributed by atoms with van der Waals surface area (Å²) in [5.74, 6) is 2.41. The van der Waals surface area contributed by atoms with E-state index in [1.807, 2.05) is 36.0 Å². The van der Waals surface area contributed by atoms with Gasteiger partial charge in [-0.15, -0.1) is 0 Å². The van der Waals surface area contributed by atoms with Crippen LogP contribution < -0.4 is 4.74 Å². The van der Waals surface area contributed by atoms with E-state index >= 15 is 0 Å². The molecule has 0 bridgehead atoms. The van der Waals surface area contributed by atoms with E-state index in [1.165, 1.54) is 5.75 Å². The lowest BCUT2D eigenvalue weighted by atomic mass is 9.92. The number of aliphatic carboxylic acids is 1. The minimum absolute atomic E-state index is 0.129. The lowest BCUT2D eigenvalue weighted by molar-refractivity contribution is -0.137. The maximum absolute atomic E-state index is 11.0. The van der Waals surface area contributed by atoms with Crippen LogP contribution in [-0.2, 0) is 10.2 Å². The fourth-order valence-electron chi connectivity index (χ4n) is 2.71. The molecule has 1 aliphatic carbocycles. The standard InChI is InChI=1S/C15H18O3S/c16-14(17)9-15(5-6-15)11-2-1-3-12(8-11)18-13-4-7-19-10-13/h1-3,8,13H,4-7,9-10H2,(H,16,17). The van der Waals surface area contributed by atoms with Crippen LogP contribution in [0.4, 0.5) is 0 Å². The van der Waals surface area contributed by atoms with E-state index in [-0.39, 0.29) is 11.8 Å². The van der Waals surface area contributed by atoms with Crippen LogP contribution in [0.1, 0.15) is 31.2 Å². The van der Waals surface area contributed by atoms with Gasteiger partial charge in [0, 0.05) is 11.2 Å². The van der Waals surface area contributed by atoms with E-state index in [1.54, 1.807) is 0 Å². The molecular weight excluding hydrogens is 260 g/mol. The third kappa shape index (κ3) is 2.89. The Morgan fingerprint density at radius 3 is 2.95 bits per heavy atom. The molecule has 1 saturated heterocycles. The largest absolute Gasteiger partial charge is 0.490 e.